The molecule has 0 bridgehead atoms. The van der Waals surface area contributed by atoms with Crippen molar-refractivity contribution in [3.8, 4) is 0 Å². The van der Waals surface area contributed by atoms with E-state index >= 15 is 0 Å². The van der Waals surface area contributed by atoms with Crippen molar-refractivity contribution in [2.24, 2.45) is 11.8 Å². The van der Waals surface area contributed by atoms with Gasteiger partial charge in [0.2, 0.25) is 0 Å². The topological polar surface area (TPSA) is 58.6 Å². The number of piperidine rings is 1. The van der Waals surface area contributed by atoms with Gasteiger partial charge in [-0.3, -0.25) is 4.79 Å². The van der Waals surface area contributed by atoms with Crippen molar-refractivity contribution in [1.29, 1.82) is 0 Å². The summed E-state index contributed by atoms with van der Waals surface area (Å²) in [4.78, 5) is 12.1. The van der Waals surface area contributed by atoms with Gasteiger partial charge in [0.15, 0.2) is 0 Å². The van der Waals surface area contributed by atoms with E-state index in [1.54, 1.807) is 0 Å². The number of ether oxygens (including phenoxy) is 1. The molecule has 0 spiro atoms. The molecule has 4 nitrogen and oxygen atoms in total. The van der Waals surface area contributed by atoms with Crippen LogP contribution in [-0.2, 0) is 9.53 Å². The standard InChI is InChI=1S/C13H25NO3/c1-9-7-11(10(5-6-15)8-14-9)12(16)17-13(2,3)4/h9-11,14-15H,5-8H2,1-4H3/t9-,10-,11+/m1/s1. The Bertz CT molecular complexity index is 260. The van der Waals surface area contributed by atoms with Crippen LogP contribution in [0.25, 0.3) is 0 Å². The molecule has 0 unspecified atom stereocenters. The average molecular weight is 243 g/mol. The van der Waals surface area contributed by atoms with Crippen molar-refractivity contribution in [3.05, 3.63) is 0 Å². The van der Waals surface area contributed by atoms with Crippen molar-refractivity contribution in [2.45, 2.75) is 52.2 Å². The van der Waals surface area contributed by atoms with Crippen LogP contribution in [-0.4, -0.2) is 35.9 Å². The largest absolute Gasteiger partial charge is 0.460 e. The Morgan fingerprint density at radius 2 is 2.12 bits per heavy atom. The highest BCUT2D eigenvalue weighted by Gasteiger charge is 2.35. The number of aliphatic hydroxyl groups is 1. The maximum atomic E-state index is 12.1. The Morgan fingerprint density at radius 3 is 2.65 bits per heavy atom. The van der Waals surface area contributed by atoms with Crippen LogP contribution >= 0.6 is 0 Å². The number of aliphatic hydroxyl groups excluding tert-OH is 1. The van der Waals surface area contributed by atoms with Crippen LogP contribution in [0.1, 0.15) is 40.5 Å². The molecular weight excluding hydrogens is 218 g/mol. The Hall–Kier alpha value is -0.610. The van der Waals surface area contributed by atoms with E-state index in [4.69, 9.17) is 9.84 Å². The van der Waals surface area contributed by atoms with E-state index in [1.807, 2.05) is 20.8 Å². The second-order valence-electron chi connectivity index (χ2n) is 5.96. The van der Waals surface area contributed by atoms with E-state index in [0.717, 1.165) is 13.0 Å². The minimum absolute atomic E-state index is 0.0855. The molecule has 0 saturated carbocycles. The number of carbonyl (C=O) groups excluding carboxylic acids is 1. The highest BCUT2D eigenvalue weighted by Crippen LogP contribution is 2.27. The lowest BCUT2D eigenvalue weighted by atomic mass is 9.81. The maximum absolute atomic E-state index is 12.1. The van der Waals surface area contributed by atoms with Gasteiger partial charge < -0.3 is 15.2 Å². The van der Waals surface area contributed by atoms with Gasteiger partial charge in [0.25, 0.3) is 0 Å². The molecule has 3 atom stereocenters. The smallest absolute Gasteiger partial charge is 0.309 e. The van der Waals surface area contributed by atoms with E-state index in [0.29, 0.717) is 12.5 Å². The van der Waals surface area contributed by atoms with E-state index in [2.05, 4.69) is 12.2 Å². The predicted octanol–water partition coefficient (Wildman–Crippen LogP) is 1.32. The fraction of sp³-hybridized carbons (Fsp3) is 0.923. The third-order valence-electron chi connectivity index (χ3n) is 3.11. The predicted molar refractivity (Wildman–Crippen MR) is 66.6 cm³/mol. The molecule has 1 saturated heterocycles. The second-order valence-corrected chi connectivity index (χ2v) is 5.96. The van der Waals surface area contributed by atoms with Crippen LogP contribution in [0.15, 0.2) is 0 Å². The summed E-state index contributed by atoms with van der Waals surface area (Å²) in [6.45, 7) is 8.64. The molecule has 1 fully saturated rings. The van der Waals surface area contributed by atoms with Crippen LogP contribution < -0.4 is 5.32 Å². The molecule has 1 aliphatic heterocycles. The molecular formula is C13H25NO3. The van der Waals surface area contributed by atoms with Gasteiger partial charge in [0, 0.05) is 12.6 Å². The van der Waals surface area contributed by atoms with Gasteiger partial charge in [-0.05, 0) is 53.0 Å². The van der Waals surface area contributed by atoms with Crippen LogP contribution in [0.4, 0.5) is 0 Å². The van der Waals surface area contributed by atoms with Crippen LogP contribution in [0, 0.1) is 11.8 Å². The van der Waals surface area contributed by atoms with Crippen molar-refractivity contribution in [2.75, 3.05) is 13.2 Å². The first-order valence-corrected chi connectivity index (χ1v) is 6.40. The number of nitrogens with one attached hydrogen (secondary N) is 1. The molecule has 0 radical (unpaired) electrons. The summed E-state index contributed by atoms with van der Waals surface area (Å²) in [7, 11) is 0. The minimum atomic E-state index is -0.436. The summed E-state index contributed by atoms with van der Waals surface area (Å²) in [6.07, 6.45) is 1.45. The first kappa shape index (κ1) is 14.5. The quantitative estimate of drug-likeness (QED) is 0.734. The molecule has 100 valence electrons. The van der Waals surface area contributed by atoms with E-state index in [9.17, 15) is 4.79 Å². The lowest BCUT2D eigenvalue weighted by Crippen LogP contribution is -2.47. The molecule has 1 rings (SSSR count). The Morgan fingerprint density at radius 1 is 1.47 bits per heavy atom. The first-order chi connectivity index (χ1) is 7.83. The molecule has 1 aliphatic rings. The van der Waals surface area contributed by atoms with Gasteiger partial charge >= 0.3 is 5.97 Å². The van der Waals surface area contributed by atoms with Crippen molar-refractivity contribution in [3.63, 3.8) is 0 Å². The number of esters is 1. The van der Waals surface area contributed by atoms with Crippen molar-refractivity contribution in [1.82, 2.24) is 5.32 Å². The summed E-state index contributed by atoms with van der Waals surface area (Å²) in [5.41, 5.74) is -0.436. The Labute approximate surface area is 104 Å². The van der Waals surface area contributed by atoms with Crippen LogP contribution in [0.2, 0.25) is 0 Å². The van der Waals surface area contributed by atoms with Gasteiger partial charge in [-0.2, -0.15) is 0 Å². The Kier molecular flexibility index (Phi) is 4.95. The lowest BCUT2D eigenvalue weighted by Gasteiger charge is -2.35. The fourth-order valence-corrected chi connectivity index (χ4v) is 2.29. The molecule has 4 heteroatoms. The highest BCUT2D eigenvalue weighted by atomic mass is 16.6. The molecule has 17 heavy (non-hydrogen) atoms. The van der Waals surface area contributed by atoms with Gasteiger partial charge in [0.1, 0.15) is 5.60 Å². The molecule has 0 aromatic heterocycles. The molecule has 2 N–H and O–H groups in total. The van der Waals surface area contributed by atoms with Gasteiger partial charge in [-0.15, -0.1) is 0 Å². The molecule has 1 heterocycles. The Balaban J connectivity index is 2.65. The normalized spacial score (nSPS) is 30.1. The van der Waals surface area contributed by atoms with Gasteiger partial charge in [0.05, 0.1) is 5.92 Å². The van der Waals surface area contributed by atoms with Crippen LogP contribution in [0.3, 0.4) is 0 Å². The highest BCUT2D eigenvalue weighted by molar-refractivity contribution is 5.73. The number of carbonyl (C=O) groups is 1. The summed E-state index contributed by atoms with van der Waals surface area (Å²) < 4.78 is 5.45. The molecule has 0 aliphatic carbocycles. The number of rotatable bonds is 3. The summed E-state index contributed by atoms with van der Waals surface area (Å²) in [5.74, 6) is -0.0204. The summed E-state index contributed by atoms with van der Waals surface area (Å²) in [6, 6.07) is 0.336. The maximum Gasteiger partial charge on any atom is 0.309 e. The average Bonchev–Trinajstić information content (AvgIpc) is 2.18. The lowest BCUT2D eigenvalue weighted by molar-refractivity contribution is -0.163. The van der Waals surface area contributed by atoms with Crippen molar-refractivity contribution < 1.29 is 14.6 Å². The van der Waals surface area contributed by atoms with E-state index < -0.39 is 5.60 Å². The number of hydrogen-bond acceptors (Lipinski definition) is 4. The van der Waals surface area contributed by atoms with E-state index in [1.165, 1.54) is 0 Å². The summed E-state index contributed by atoms with van der Waals surface area (Å²) >= 11 is 0. The molecule has 0 aromatic carbocycles. The van der Waals surface area contributed by atoms with Crippen molar-refractivity contribution >= 4 is 5.97 Å². The fourth-order valence-electron chi connectivity index (χ4n) is 2.29. The van der Waals surface area contributed by atoms with Gasteiger partial charge in [-0.25, -0.2) is 0 Å². The third kappa shape index (κ3) is 4.64. The number of hydrogen-bond donors (Lipinski definition) is 2. The zero-order valence-electron chi connectivity index (χ0n) is 11.3. The third-order valence-corrected chi connectivity index (χ3v) is 3.11. The second kappa shape index (κ2) is 5.83. The minimum Gasteiger partial charge on any atom is -0.460 e. The monoisotopic (exact) mass is 243 g/mol. The zero-order valence-corrected chi connectivity index (χ0v) is 11.3. The first-order valence-electron chi connectivity index (χ1n) is 6.40. The zero-order chi connectivity index (χ0) is 13.1. The molecule has 0 aromatic rings. The van der Waals surface area contributed by atoms with E-state index in [-0.39, 0.29) is 24.4 Å². The van der Waals surface area contributed by atoms with Crippen LogP contribution in [0.5, 0.6) is 0 Å². The molecule has 0 amide bonds. The summed E-state index contributed by atoms with van der Waals surface area (Å²) in [5, 5.41) is 12.4. The SMILES string of the molecule is C[C@@H]1C[C@H](C(=O)OC(C)(C)C)[C@H](CCO)CN1. The van der Waals surface area contributed by atoms with Gasteiger partial charge in [-0.1, -0.05) is 0 Å².